The molecule has 2 unspecified atom stereocenters. The van der Waals surface area contributed by atoms with Gasteiger partial charge in [-0.25, -0.2) is 0 Å². The fraction of sp³-hybridized carbons (Fsp3) is 0.625. The van der Waals surface area contributed by atoms with Crippen LogP contribution >= 0.6 is 0 Å². The van der Waals surface area contributed by atoms with E-state index in [9.17, 15) is 5.11 Å². The second-order valence-electron chi connectivity index (χ2n) is 5.66. The van der Waals surface area contributed by atoms with Crippen molar-refractivity contribution in [1.29, 1.82) is 0 Å². The Bertz CT molecular complexity index is 390. The number of benzene rings is 1. The topological polar surface area (TPSA) is 26.7 Å². The molecule has 0 bridgehead atoms. The summed E-state index contributed by atoms with van der Waals surface area (Å²) in [7, 11) is 0. The smallest absolute Gasteiger partial charge is 0.0916 e. The van der Waals surface area contributed by atoms with Crippen molar-refractivity contribution in [3.63, 3.8) is 0 Å². The predicted octanol–water partition coefficient (Wildman–Crippen LogP) is 2.05. The van der Waals surface area contributed by atoms with Gasteiger partial charge in [0, 0.05) is 32.2 Å². The summed E-state index contributed by atoms with van der Waals surface area (Å²) < 4.78 is 0. The molecule has 1 fully saturated rings. The minimum absolute atomic E-state index is 0.374. The van der Waals surface area contributed by atoms with Gasteiger partial charge in [-0.15, -0.1) is 0 Å². The predicted molar refractivity (Wildman–Crippen MR) is 79.3 cm³/mol. The SMILES string of the molecule is CCN1CCN(CC(O)c2ccc(C)cc2)CC1C. The van der Waals surface area contributed by atoms with Crippen molar-refractivity contribution in [2.24, 2.45) is 0 Å². The van der Waals surface area contributed by atoms with Crippen molar-refractivity contribution in [1.82, 2.24) is 9.80 Å². The average Bonchev–Trinajstić information content (AvgIpc) is 2.39. The minimum atomic E-state index is -0.374. The Morgan fingerprint density at radius 1 is 1.26 bits per heavy atom. The number of aliphatic hydroxyl groups excluding tert-OH is 1. The largest absolute Gasteiger partial charge is 0.387 e. The molecule has 0 saturated carbocycles. The highest BCUT2D eigenvalue weighted by atomic mass is 16.3. The van der Waals surface area contributed by atoms with E-state index in [1.165, 1.54) is 5.56 Å². The average molecular weight is 262 g/mol. The second-order valence-corrected chi connectivity index (χ2v) is 5.66. The van der Waals surface area contributed by atoms with E-state index in [0.717, 1.165) is 38.3 Å². The molecule has 1 saturated heterocycles. The first-order valence-electron chi connectivity index (χ1n) is 7.31. The summed E-state index contributed by atoms with van der Waals surface area (Å²) in [5.74, 6) is 0. The molecule has 2 atom stereocenters. The van der Waals surface area contributed by atoms with E-state index in [1.807, 2.05) is 12.1 Å². The Morgan fingerprint density at radius 2 is 1.95 bits per heavy atom. The number of rotatable bonds is 4. The summed E-state index contributed by atoms with van der Waals surface area (Å²) in [5, 5.41) is 10.3. The lowest BCUT2D eigenvalue weighted by atomic mass is 10.1. The monoisotopic (exact) mass is 262 g/mol. The normalized spacial score (nSPS) is 23.5. The van der Waals surface area contributed by atoms with Crippen LogP contribution in [0.2, 0.25) is 0 Å². The summed E-state index contributed by atoms with van der Waals surface area (Å²) >= 11 is 0. The highest BCUT2D eigenvalue weighted by Crippen LogP contribution is 2.17. The van der Waals surface area contributed by atoms with Gasteiger partial charge < -0.3 is 5.11 Å². The van der Waals surface area contributed by atoms with Gasteiger partial charge in [0.1, 0.15) is 0 Å². The first kappa shape index (κ1) is 14.5. The van der Waals surface area contributed by atoms with Crippen LogP contribution in [0, 0.1) is 6.92 Å². The molecule has 0 radical (unpaired) electrons. The second kappa shape index (κ2) is 6.51. The lowest BCUT2D eigenvalue weighted by molar-refractivity contribution is 0.0478. The van der Waals surface area contributed by atoms with Gasteiger partial charge in [0.05, 0.1) is 6.10 Å². The fourth-order valence-electron chi connectivity index (χ4n) is 2.84. The number of β-amino-alcohol motifs (C(OH)–C–C–N with tert-alkyl or cyclic N) is 1. The molecule has 3 nitrogen and oxygen atoms in total. The lowest BCUT2D eigenvalue weighted by Crippen LogP contribution is -2.52. The standard InChI is InChI=1S/C16H26N2O/c1-4-18-10-9-17(11-14(18)3)12-16(19)15-7-5-13(2)6-8-15/h5-8,14,16,19H,4,9-12H2,1-3H3. The maximum Gasteiger partial charge on any atom is 0.0916 e. The Balaban J connectivity index is 1.89. The third-order valence-corrected chi connectivity index (χ3v) is 4.15. The summed E-state index contributed by atoms with van der Waals surface area (Å²) in [6.45, 7) is 11.6. The maximum absolute atomic E-state index is 10.3. The van der Waals surface area contributed by atoms with Gasteiger partial charge in [-0.1, -0.05) is 36.8 Å². The zero-order valence-corrected chi connectivity index (χ0v) is 12.3. The Hall–Kier alpha value is -0.900. The van der Waals surface area contributed by atoms with Crippen molar-refractivity contribution in [3.8, 4) is 0 Å². The molecule has 3 heteroatoms. The number of aliphatic hydroxyl groups is 1. The van der Waals surface area contributed by atoms with E-state index in [4.69, 9.17) is 0 Å². The molecule has 0 aromatic heterocycles. The van der Waals surface area contributed by atoms with Crippen LogP contribution < -0.4 is 0 Å². The highest BCUT2D eigenvalue weighted by Gasteiger charge is 2.23. The van der Waals surface area contributed by atoms with Gasteiger partial charge in [0.2, 0.25) is 0 Å². The quantitative estimate of drug-likeness (QED) is 0.899. The molecular formula is C16H26N2O. The van der Waals surface area contributed by atoms with Gasteiger partial charge in [-0.2, -0.15) is 0 Å². The highest BCUT2D eigenvalue weighted by molar-refractivity contribution is 5.23. The van der Waals surface area contributed by atoms with E-state index < -0.39 is 0 Å². The zero-order chi connectivity index (χ0) is 13.8. The molecule has 1 aromatic carbocycles. The van der Waals surface area contributed by atoms with Crippen LogP contribution in [0.3, 0.4) is 0 Å². The van der Waals surface area contributed by atoms with Crippen molar-refractivity contribution < 1.29 is 5.11 Å². The first-order valence-corrected chi connectivity index (χ1v) is 7.31. The molecule has 1 N–H and O–H groups in total. The molecule has 1 aliphatic heterocycles. The third-order valence-electron chi connectivity index (χ3n) is 4.15. The number of aryl methyl sites for hydroxylation is 1. The van der Waals surface area contributed by atoms with Crippen molar-refractivity contribution in [3.05, 3.63) is 35.4 Å². The number of nitrogens with zero attached hydrogens (tertiary/aromatic N) is 2. The Labute approximate surface area is 116 Å². The van der Waals surface area contributed by atoms with E-state index in [1.54, 1.807) is 0 Å². The van der Waals surface area contributed by atoms with E-state index in [2.05, 4.69) is 42.7 Å². The number of hydrogen-bond donors (Lipinski definition) is 1. The summed E-state index contributed by atoms with van der Waals surface area (Å²) in [6.07, 6.45) is -0.374. The fourth-order valence-corrected chi connectivity index (χ4v) is 2.84. The number of likely N-dealkylation sites (N-methyl/N-ethyl adjacent to an activating group) is 1. The van der Waals surface area contributed by atoms with Crippen molar-refractivity contribution in [2.75, 3.05) is 32.7 Å². The van der Waals surface area contributed by atoms with Crippen LogP contribution in [0.4, 0.5) is 0 Å². The molecule has 1 aliphatic rings. The minimum Gasteiger partial charge on any atom is -0.387 e. The van der Waals surface area contributed by atoms with Crippen LogP contribution in [0.1, 0.15) is 31.1 Å². The van der Waals surface area contributed by atoms with Crippen molar-refractivity contribution >= 4 is 0 Å². The van der Waals surface area contributed by atoms with Crippen LogP contribution in [0.5, 0.6) is 0 Å². The van der Waals surface area contributed by atoms with E-state index in [-0.39, 0.29) is 6.10 Å². The van der Waals surface area contributed by atoms with Gasteiger partial charge in [0.25, 0.3) is 0 Å². The molecule has 2 rings (SSSR count). The van der Waals surface area contributed by atoms with Gasteiger partial charge >= 0.3 is 0 Å². The lowest BCUT2D eigenvalue weighted by Gasteiger charge is -2.40. The molecule has 1 heterocycles. The van der Waals surface area contributed by atoms with Crippen LogP contribution in [-0.4, -0.2) is 53.7 Å². The molecule has 1 aromatic rings. The maximum atomic E-state index is 10.3. The Kier molecular flexibility index (Phi) is 4.97. The van der Waals surface area contributed by atoms with E-state index >= 15 is 0 Å². The van der Waals surface area contributed by atoms with Crippen LogP contribution in [-0.2, 0) is 0 Å². The van der Waals surface area contributed by atoms with Gasteiger partial charge in [-0.3, -0.25) is 9.80 Å². The molecule has 19 heavy (non-hydrogen) atoms. The summed E-state index contributed by atoms with van der Waals surface area (Å²) in [4.78, 5) is 4.87. The van der Waals surface area contributed by atoms with Gasteiger partial charge in [0.15, 0.2) is 0 Å². The third kappa shape index (κ3) is 3.78. The molecule has 0 amide bonds. The Morgan fingerprint density at radius 3 is 2.53 bits per heavy atom. The molecular weight excluding hydrogens is 236 g/mol. The van der Waals surface area contributed by atoms with Crippen molar-refractivity contribution in [2.45, 2.75) is 32.9 Å². The molecule has 106 valence electrons. The first-order chi connectivity index (χ1) is 9.10. The summed E-state index contributed by atoms with van der Waals surface area (Å²) in [5.41, 5.74) is 2.26. The van der Waals surface area contributed by atoms with Crippen LogP contribution in [0.25, 0.3) is 0 Å². The summed E-state index contributed by atoms with van der Waals surface area (Å²) in [6, 6.07) is 8.79. The van der Waals surface area contributed by atoms with Crippen LogP contribution in [0.15, 0.2) is 24.3 Å². The van der Waals surface area contributed by atoms with E-state index in [0.29, 0.717) is 6.04 Å². The molecule has 0 spiro atoms. The molecule has 0 aliphatic carbocycles. The van der Waals surface area contributed by atoms with Gasteiger partial charge in [-0.05, 0) is 26.0 Å². The number of hydrogen-bond acceptors (Lipinski definition) is 3. The number of piperazine rings is 1. The zero-order valence-electron chi connectivity index (χ0n) is 12.3.